The fourth-order valence-corrected chi connectivity index (χ4v) is 2.57. The van der Waals surface area contributed by atoms with Crippen LogP contribution in [0.25, 0.3) is 16.8 Å². The lowest BCUT2D eigenvalue weighted by molar-refractivity contribution is 0.0440. The minimum atomic E-state index is -0.425. The number of aryl methyl sites for hydroxylation is 1. The number of para-hydroxylation sites is 2. The van der Waals surface area contributed by atoms with Gasteiger partial charge in [0.15, 0.2) is 12.2 Å². The van der Waals surface area contributed by atoms with Crippen LogP contribution in [0.1, 0.15) is 21.9 Å². The molecule has 2 aromatic carbocycles. The molecule has 0 radical (unpaired) electrons. The second-order valence-electron chi connectivity index (χ2n) is 5.58. The topological polar surface area (TPSA) is 70.2 Å². The third kappa shape index (κ3) is 3.01. The minimum Gasteiger partial charge on any atom is -0.452 e. The lowest BCUT2D eigenvalue weighted by Gasteiger charge is -2.06. The van der Waals surface area contributed by atoms with E-state index in [4.69, 9.17) is 9.15 Å². The van der Waals surface area contributed by atoms with Gasteiger partial charge in [0, 0.05) is 11.9 Å². The molecule has 0 aliphatic heterocycles. The summed E-state index contributed by atoms with van der Waals surface area (Å²) in [6.07, 6.45) is 1.73. The first-order valence-corrected chi connectivity index (χ1v) is 7.83. The Morgan fingerprint density at radius 3 is 2.64 bits per heavy atom. The number of carbonyl (C=O) groups is 1. The highest BCUT2D eigenvalue weighted by atomic mass is 16.5. The molecule has 6 nitrogen and oxygen atoms in total. The van der Waals surface area contributed by atoms with Crippen molar-refractivity contribution in [2.24, 2.45) is 0 Å². The van der Waals surface area contributed by atoms with Crippen LogP contribution in [0.3, 0.4) is 0 Å². The normalized spacial score (nSPS) is 10.9. The first-order valence-electron chi connectivity index (χ1n) is 7.83. The van der Waals surface area contributed by atoms with Crippen LogP contribution in [-0.2, 0) is 11.3 Å². The number of carbonyl (C=O) groups excluding carboxylic acids is 1. The maximum Gasteiger partial charge on any atom is 0.338 e. The maximum absolute atomic E-state index is 12.2. The molecular weight excluding hydrogens is 318 g/mol. The Bertz CT molecular complexity index is 998. The molecule has 0 atom stereocenters. The summed E-state index contributed by atoms with van der Waals surface area (Å²) in [6, 6.07) is 16.4. The largest absolute Gasteiger partial charge is 0.452 e. The molecule has 0 saturated carbocycles. The Kier molecular flexibility index (Phi) is 3.78. The number of rotatable bonds is 4. The lowest BCUT2D eigenvalue weighted by Crippen LogP contribution is -2.06. The van der Waals surface area contributed by atoms with E-state index in [0.29, 0.717) is 17.0 Å². The molecule has 124 valence electrons. The van der Waals surface area contributed by atoms with Gasteiger partial charge in [0.25, 0.3) is 0 Å². The van der Waals surface area contributed by atoms with Crippen LogP contribution < -0.4 is 0 Å². The predicted molar refractivity (Wildman–Crippen MR) is 91.4 cm³/mol. The third-order valence-corrected chi connectivity index (χ3v) is 3.84. The van der Waals surface area contributed by atoms with Crippen LogP contribution in [0, 0.1) is 6.92 Å². The van der Waals surface area contributed by atoms with E-state index in [9.17, 15) is 4.79 Å². The SMILES string of the molecule is Cc1ccnn1-c1ccc(C(=O)OCc2nc3ccccc3o2)cc1. The molecule has 0 spiro atoms. The summed E-state index contributed by atoms with van der Waals surface area (Å²) < 4.78 is 12.6. The molecule has 0 fully saturated rings. The molecule has 0 aliphatic rings. The van der Waals surface area contributed by atoms with E-state index in [2.05, 4.69) is 10.1 Å². The number of hydrogen-bond acceptors (Lipinski definition) is 5. The number of oxazole rings is 1. The smallest absolute Gasteiger partial charge is 0.338 e. The van der Waals surface area contributed by atoms with Gasteiger partial charge in [-0.25, -0.2) is 14.5 Å². The van der Waals surface area contributed by atoms with E-state index in [1.807, 2.05) is 49.4 Å². The van der Waals surface area contributed by atoms with Crippen molar-refractivity contribution in [3.05, 3.63) is 77.9 Å². The molecule has 0 amide bonds. The average molecular weight is 333 g/mol. The van der Waals surface area contributed by atoms with Crippen molar-refractivity contribution in [1.82, 2.24) is 14.8 Å². The zero-order valence-corrected chi connectivity index (χ0v) is 13.5. The van der Waals surface area contributed by atoms with Gasteiger partial charge in [0.05, 0.1) is 11.3 Å². The average Bonchev–Trinajstić information content (AvgIpc) is 3.25. The fourth-order valence-electron chi connectivity index (χ4n) is 2.57. The Morgan fingerprint density at radius 1 is 1.12 bits per heavy atom. The third-order valence-electron chi connectivity index (χ3n) is 3.84. The van der Waals surface area contributed by atoms with Crippen LogP contribution in [0.5, 0.6) is 0 Å². The van der Waals surface area contributed by atoms with E-state index >= 15 is 0 Å². The molecule has 4 aromatic rings. The van der Waals surface area contributed by atoms with Crippen molar-refractivity contribution in [1.29, 1.82) is 0 Å². The highest BCUT2D eigenvalue weighted by molar-refractivity contribution is 5.89. The number of nitrogens with zero attached hydrogens (tertiary/aromatic N) is 3. The first-order chi connectivity index (χ1) is 12.2. The summed E-state index contributed by atoms with van der Waals surface area (Å²) in [6.45, 7) is 1.96. The highest BCUT2D eigenvalue weighted by Crippen LogP contribution is 2.16. The number of esters is 1. The van der Waals surface area contributed by atoms with Crippen LogP contribution in [-0.4, -0.2) is 20.7 Å². The zero-order chi connectivity index (χ0) is 17.2. The summed E-state index contributed by atoms with van der Waals surface area (Å²) in [4.78, 5) is 16.5. The molecule has 0 saturated heterocycles. The monoisotopic (exact) mass is 333 g/mol. The van der Waals surface area contributed by atoms with E-state index in [0.717, 1.165) is 16.9 Å². The Hall–Kier alpha value is -3.41. The zero-order valence-electron chi connectivity index (χ0n) is 13.5. The molecule has 2 aromatic heterocycles. The molecule has 4 rings (SSSR count). The Labute approximate surface area is 143 Å². The molecule has 0 bridgehead atoms. The summed E-state index contributed by atoms with van der Waals surface area (Å²) >= 11 is 0. The summed E-state index contributed by atoms with van der Waals surface area (Å²) in [5.74, 6) is -0.0515. The molecule has 0 aliphatic carbocycles. The van der Waals surface area contributed by atoms with Gasteiger partial charge in [-0.05, 0) is 49.4 Å². The predicted octanol–water partition coefficient (Wildman–Crippen LogP) is 3.68. The summed E-state index contributed by atoms with van der Waals surface area (Å²) in [7, 11) is 0. The van der Waals surface area contributed by atoms with Gasteiger partial charge in [0.2, 0.25) is 5.89 Å². The van der Waals surface area contributed by atoms with Gasteiger partial charge in [-0.3, -0.25) is 0 Å². The number of benzene rings is 2. The molecule has 0 unspecified atom stereocenters. The van der Waals surface area contributed by atoms with Crippen molar-refractivity contribution < 1.29 is 13.9 Å². The summed E-state index contributed by atoms with van der Waals surface area (Å²) in [5.41, 5.74) is 3.79. The van der Waals surface area contributed by atoms with Gasteiger partial charge in [0.1, 0.15) is 5.52 Å². The van der Waals surface area contributed by atoms with Crippen molar-refractivity contribution in [3.8, 4) is 5.69 Å². The van der Waals surface area contributed by atoms with Gasteiger partial charge in [-0.15, -0.1) is 0 Å². The van der Waals surface area contributed by atoms with E-state index in [-0.39, 0.29) is 6.61 Å². The highest BCUT2D eigenvalue weighted by Gasteiger charge is 2.11. The van der Waals surface area contributed by atoms with E-state index in [1.165, 1.54) is 0 Å². The Morgan fingerprint density at radius 2 is 1.92 bits per heavy atom. The first kappa shape index (κ1) is 15.1. The van der Waals surface area contributed by atoms with Crippen LogP contribution >= 0.6 is 0 Å². The van der Waals surface area contributed by atoms with Crippen LogP contribution in [0.4, 0.5) is 0 Å². The number of hydrogen-bond donors (Lipinski definition) is 0. The fraction of sp³-hybridized carbons (Fsp3) is 0.105. The maximum atomic E-state index is 12.2. The van der Waals surface area contributed by atoms with Gasteiger partial charge >= 0.3 is 5.97 Å². The number of fused-ring (bicyclic) bond motifs is 1. The second-order valence-corrected chi connectivity index (χ2v) is 5.58. The Balaban J connectivity index is 1.45. The van der Waals surface area contributed by atoms with Crippen LogP contribution in [0.2, 0.25) is 0 Å². The van der Waals surface area contributed by atoms with Gasteiger partial charge < -0.3 is 9.15 Å². The lowest BCUT2D eigenvalue weighted by atomic mass is 10.2. The summed E-state index contributed by atoms with van der Waals surface area (Å²) in [5, 5.41) is 4.24. The molecule has 2 heterocycles. The van der Waals surface area contributed by atoms with Crippen LogP contribution in [0.15, 0.2) is 65.2 Å². The van der Waals surface area contributed by atoms with Crippen molar-refractivity contribution in [3.63, 3.8) is 0 Å². The number of ether oxygens (including phenoxy) is 1. The quantitative estimate of drug-likeness (QED) is 0.533. The minimum absolute atomic E-state index is 0.00642. The molecular formula is C19H15N3O3. The van der Waals surface area contributed by atoms with Gasteiger partial charge in [-0.1, -0.05) is 12.1 Å². The second kappa shape index (κ2) is 6.24. The molecule has 0 N–H and O–H groups in total. The number of aromatic nitrogens is 3. The standard InChI is InChI=1S/C19H15N3O3/c1-13-10-11-20-22(13)15-8-6-14(7-9-15)19(23)24-12-18-21-16-4-2-3-5-17(16)25-18/h2-11H,12H2,1H3. The van der Waals surface area contributed by atoms with E-state index in [1.54, 1.807) is 23.0 Å². The van der Waals surface area contributed by atoms with Crippen molar-refractivity contribution >= 4 is 17.1 Å². The van der Waals surface area contributed by atoms with Crippen molar-refractivity contribution in [2.75, 3.05) is 0 Å². The van der Waals surface area contributed by atoms with Gasteiger partial charge in [-0.2, -0.15) is 5.10 Å². The molecule has 6 heteroatoms. The van der Waals surface area contributed by atoms with E-state index < -0.39 is 5.97 Å². The van der Waals surface area contributed by atoms with Crippen molar-refractivity contribution in [2.45, 2.75) is 13.5 Å². The molecule has 25 heavy (non-hydrogen) atoms.